The topological polar surface area (TPSA) is 45.0 Å². The second kappa shape index (κ2) is 4.08. The molecule has 13 heavy (non-hydrogen) atoms. The Morgan fingerprint density at radius 2 is 2.46 bits per heavy atom. The van der Waals surface area contributed by atoms with Crippen LogP contribution in [0.5, 0.6) is 0 Å². The summed E-state index contributed by atoms with van der Waals surface area (Å²) >= 11 is 0. The van der Waals surface area contributed by atoms with E-state index >= 15 is 0 Å². The van der Waals surface area contributed by atoms with E-state index in [-0.39, 0.29) is 17.7 Å². The lowest BCUT2D eigenvalue weighted by Gasteiger charge is -2.31. The lowest BCUT2D eigenvalue weighted by Crippen LogP contribution is -2.51. The van der Waals surface area contributed by atoms with Crippen molar-refractivity contribution in [3.05, 3.63) is 0 Å². The van der Waals surface area contributed by atoms with Gasteiger partial charge in [0, 0.05) is 12.1 Å². The molecule has 3 unspecified atom stereocenters. The van der Waals surface area contributed by atoms with Crippen molar-refractivity contribution in [2.45, 2.75) is 51.3 Å². The standard InChI is InChI=1S/C10H18N2O/c1-4-9(7-11)12-10(3)5-6-13-8(10)2/h8-9,12H,4-6H2,1-3H3. The molecule has 3 atom stereocenters. The smallest absolute Gasteiger partial charge is 0.0955 e. The van der Waals surface area contributed by atoms with Crippen molar-refractivity contribution in [1.82, 2.24) is 5.32 Å². The van der Waals surface area contributed by atoms with Gasteiger partial charge in [-0.05, 0) is 26.7 Å². The van der Waals surface area contributed by atoms with Gasteiger partial charge in [0.05, 0.1) is 18.2 Å². The Balaban J connectivity index is 2.56. The number of nitriles is 1. The van der Waals surface area contributed by atoms with Crippen LogP contribution in [0.1, 0.15) is 33.6 Å². The Morgan fingerprint density at radius 3 is 2.85 bits per heavy atom. The Labute approximate surface area is 80.1 Å². The summed E-state index contributed by atoms with van der Waals surface area (Å²) in [7, 11) is 0. The number of ether oxygens (including phenoxy) is 1. The summed E-state index contributed by atoms with van der Waals surface area (Å²) in [4.78, 5) is 0. The molecule has 0 aromatic rings. The van der Waals surface area contributed by atoms with Crippen molar-refractivity contribution in [3.63, 3.8) is 0 Å². The van der Waals surface area contributed by atoms with Gasteiger partial charge in [-0.3, -0.25) is 5.32 Å². The first-order valence-corrected chi connectivity index (χ1v) is 4.91. The van der Waals surface area contributed by atoms with E-state index < -0.39 is 0 Å². The van der Waals surface area contributed by atoms with Gasteiger partial charge >= 0.3 is 0 Å². The minimum absolute atomic E-state index is 0.0175. The van der Waals surface area contributed by atoms with E-state index in [0.29, 0.717) is 0 Å². The van der Waals surface area contributed by atoms with Crippen LogP contribution in [0.2, 0.25) is 0 Å². The van der Waals surface area contributed by atoms with Crippen LogP contribution in [0, 0.1) is 11.3 Å². The number of hydrogen-bond acceptors (Lipinski definition) is 3. The predicted octanol–water partition coefficient (Wildman–Crippen LogP) is 1.45. The van der Waals surface area contributed by atoms with E-state index in [1.54, 1.807) is 0 Å². The van der Waals surface area contributed by atoms with Crippen LogP contribution in [0.15, 0.2) is 0 Å². The maximum Gasteiger partial charge on any atom is 0.0955 e. The lowest BCUT2D eigenvalue weighted by atomic mass is 9.93. The monoisotopic (exact) mass is 182 g/mol. The molecule has 0 aromatic heterocycles. The second-order valence-electron chi connectivity index (χ2n) is 3.91. The molecule has 0 bridgehead atoms. The van der Waals surface area contributed by atoms with Crippen LogP contribution in [0.4, 0.5) is 0 Å². The molecule has 1 aliphatic heterocycles. The quantitative estimate of drug-likeness (QED) is 0.718. The molecule has 1 aliphatic rings. The van der Waals surface area contributed by atoms with E-state index in [1.807, 2.05) is 6.92 Å². The van der Waals surface area contributed by atoms with Crippen LogP contribution in [-0.4, -0.2) is 24.3 Å². The van der Waals surface area contributed by atoms with Crippen LogP contribution in [0.3, 0.4) is 0 Å². The number of nitrogens with zero attached hydrogens (tertiary/aromatic N) is 1. The normalized spacial score (nSPS) is 35.7. The average molecular weight is 182 g/mol. The van der Waals surface area contributed by atoms with Crippen molar-refractivity contribution in [2.24, 2.45) is 0 Å². The lowest BCUT2D eigenvalue weighted by molar-refractivity contribution is 0.0863. The summed E-state index contributed by atoms with van der Waals surface area (Å²) in [6, 6.07) is 2.21. The van der Waals surface area contributed by atoms with Crippen molar-refractivity contribution < 1.29 is 4.74 Å². The van der Waals surface area contributed by atoms with Crippen LogP contribution in [0.25, 0.3) is 0 Å². The number of nitrogens with one attached hydrogen (secondary N) is 1. The van der Waals surface area contributed by atoms with Crippen molar-refractivity contribution >= 4 is 0 Å². The van der Waals surface area contributed by atoms with E-state index in [2.05, 4.69) is 25.2 Å². The SMILES string of the molecule is CCC(C#N)NC1(C)CCOC1C. The molecule has 0 amide bonds. The van der Waals surface area contributed by atoms with Crippen LogP contribution < -0.4 is 5.32 Å². The van der Waals surface area contributed by atoms with Gasteiger partial charge in [-0.15, -0.1) is 0 Å². The maximum atomic E-state index is 8.83. The Hall–Kier alpha value is -0.590. The molecule has 0 saturated carbocycles. The molecule has 74 valence electrons. The zero-order valence-electron chi connectivity index (χ0n) is 8.63. The van der Waals surface area contributed by atoms with Gasteiger partial charge in [-0.1, -0.05) is 6.92 Å². The third-order valence-electron chi connectivity index (χ3n) is 2.95. The molecule has 3 nitrogen and oxygen atoms in total. The first-order chi connectivity index (χ1) is 6.12. The second-order valence-corrected chi connectivity index (χ2v) is 3.91. The first kappa shape index (κ1) is 10.5. The van der Waals surface area contributed by atoms with Gasteiger partial charge in [0.1, 0.15) is 0 Å². The summed E-state index contributed by atoms with van der Waals surface area (Å²) in [5.74, 6) is 0. The molecule has 0 radical (unpaired) electrons. The summed E-state index contributed by atoms with van der Waals surface area (Å²) in [6.45, 7) is 7.01. The molecule has 1 saturated heterocycles. The molecular weight excluding hydrogens is 164 g/mol. The van der Waals surface area contributed by atoms with Gasteiger partial charge in [0.2, 0.25) is 0 Å². The number of hydrogen-bond donors (Lipinski definition) is 1. The Morgan fingerprint density at radius 1 is 1.77 bits per heavy atom. The highest BCUT2D eigenvalue weighted by molar-refractivity contribution is 5.00. The van der Waals surface area contributed by atoms with Crippen LogP contribution in [-0.2, 0) is 4.74 Å². The van der Waals surface area contributed by atoms with E-state index in [9.17, 15) is 0 Å². The fourth-order valence-electron chi connectivity index (χ4n) is 1.65. The van der Waals surface area contributed by atoms with Gasteiger partial charge in [0.15, 0.2) is 0 Å². The van der Waals surface area contributed by atoms with E-state index in [4.69, 9.17) is 10.00 Å². The highest BCUT2D eigenvalue weighted by atomic mass is 16.5. The molecule has 0 aromatic carbocycles. The summed E-state index contributed by atoms with van der Waals surface area (Å²) < 4.78 is 5.49. The largest absolute Gasteiger partial charge is 0.377 e. The van der Waals surface area contributed by atoms with E-state index in [0.717, 1.165) is 19.4 Å². The van der Waals surface area contributed by atoms with Crippen LogP contribution >= 0.6 is 0 Å². The molecule has 0 aliphatic carbocycles. The average Bonchev–Trinajstić information content (AvgIpc) is 2.44. The third-order valence-corrected chi connectivity index (χ3v) is 2.95. The Bertz CT molecular complexity index is 211. The highest BCUT2D eigenvalue weighted by Gasteiger charge is 2.37. The fourth-order valence-corrected chi connectivity index (χ4v) is 1.65. The highest BCUT2D eigenvalue weighted by Crippen LogP contribution is 2.25. The van der Waals surface area contributed by atoms with Gasteiger partial charge in [0.25, 0.3) is 0 Å². The summed E-state index contributed by atoms with van der Waals surface area (Å²) in [5, 5.41) is 12.2. The molecule has 1 heterocycles. The molecule has 1 fully saturated rings. The number of rotatable bonds is 3. The molecular formula is C10H18N2O. The molecule has 3 heteroatoms. The minimum Gasteiger partial charge on any atom is -0.377 e. The van der Waals surface area contributed by atoms with Crippen molar-refractivity contribution in [1.29, 1.82) is 5.26 Å². The summed E-state index contributed by atoms with van der Waals surface area (Å²) in [6.07, 6.45) is 2.04. The van der Waals surface area contributed by atoms with Gasteiger partial charge in [-0.2, -0.15) is 5.26 Å². The van der Waals surface area contributed by atoms with E-state index in [1.165, 1.54) is 0 Å². The first-order valence-electron chi connectivity index (χ1n) is 4.91. The zero-order valence-corrected chi connectivity index (χ0v) is 8.63. The zero-order chi connectivity index (χ0) is 9.90. The fraction of sp³-hybridized carbons (Fsp3) is 0.900. The van der Waals surface area contributed by atoms with Crippen molar-refractivity contribution in [3.8, 4) is 6.07 Å². The van der Waals surface area contributed by atoms with Gasteiger partial charge in [-0.25, -0.2) is 0 Å². The molecule has 1 N–H and O–H groups in total. The molecule has 1 rings (SSSR count). The summed E-state index contributed by atoms with van der Waals surface area (Å²) in [5.41, 5.74) is -0.0175. The Kier molecular flexibility index (Phi) is 3.29. The minimum atomic E-state index is -0.0471. The van der Waals surface area contributed by atoms with Gasteiger partial charge < -0.3 is 4.74 Å². The third kappa shape index (κ3) is 2.20. The molecule has 0 spiro atoms. The maximum absolute atomic E-state index is 8.83. The van der Waals surface area contributed by atoms with Crippen molar-refractivity contribution in [2.75, 3.05) is 6.61 Å². The predicted molar refractivity (Wildman–Crippen MR) is 51.3 cm³/mol.